The van der Waals surface area contributed by atoms with E-state index in [1.54, 1.807) is 13.3 Å². The fourth-order valence-corrected chi connectivity index (χ4v) is 3.30. The van der Waals surface area contributed by atoms with Crippen LogP contribution in [0, 0.1) is 0 Å². The summed E-state index contributed by atoms with van der Waals surface area (Å²) in [5.41, 5.74) is 3.58. The van der Waals surface area contributed by atoms with E-state index in [2.05, 4.69) is 51.7 Å². The summed E-state index contributed by atoms with van der Waals surface area (Å²) in [5.74, 6) is 1.39. The Labute approximate surface area is 173 Å². The van der Waals surface area contributed by atoms with Crippen LogP contribution >= 0.6 is 0 Å². The average molecular weight is 398 g/mol. The topological polar surface area (TPSA) is 71.0 Å². The summed E-state index contributed by atoms with van der Waals surface area (Å²) < 4.78 is 10.8. The normalized spacial score (nSPS) is 15.2. The zero-order chi connectivity index (χ0) is 20.3. The molecule has 1 aromatic carbocycles. The quantitative estimate of drug-likeness (QED) is 0.526. The molecular formula is C22H31N5O2. The number of benzene rings is 1. The largest absolute Gasteiger partial charge is 0.481 e. The van der Waals surface area contributed by atoms with Crippen molar-refractivity contribution in [3.63, 3.8) is 0 Å². The predicted octanol–water partition coefficient (Wildman–Crippen LogP) is 2.18. The second-order valence-electron chi connectivity index (χ2n) is 6.88. The molecule has 0 radical (unpaired) electrons. The second-order valence-corrected chi connectivity index (χ2v) is 6.88. The standard InChI is InChI=1S/C22H31N5O2/c1-3-23-22(26-16-19-9-6-10-24-21(19)28-2)25-15-18-7-4-5-8-20(18)17-27-11-13-29-14-12-27/h4-10H,3,11-17H2,1-2H3,(H2,23,25,26). The van der Waals surface area contributed by atoms with E-state index in [9.17, 15) is 0 Å². The molecule has 1 aliphatic rings. The Hall–Kier alpha value is -2.64. The van der Waals surface area contributed by atoms with Crippen molar-refractivity contribution in [3.05, 3.63) is 59.3 Å². The Balaban J connectivity index is 1.64. The Morgan fingerprint density at radius 3 is 2.62 bits per heavy atom. The summed E-state index contributed by atoms with van der Waals surface area (Å²) in [4.78, 5) is 11.4. The first kappa shape index (κ1) is 21.1. The van der Waals surface area contributed by atoms with Gasteiger partial charge in [0.15, 0.2) is 5.96 Å². The minimum Gasteiger partial charge on any atom is -0.481 e. The number of hydrogen-bond acceptors (Lipinski definition) is 5. The number of morpholine rings is 1. The van der Waals surface area contributed by atoms with E-state index in [0.29, 0.717) is 12.4 Å². The van der Waals surface area contributed by atoms with Gasteiger partial charge in [-0.05, 0) is 24.1 Å². The lowest BCUT2D eigenvalue weighted by atomic mass is 10.1. The van der Waals surface area contributed by atoms with Crippen LogP contribution in [-0.4, -0.2) is 55.8 Å². The van der Waals surface area contributed by atoms with Crippen molar-refractivity contribution in [2.24, 2.45) is 4.99 Å². The fourth-order valence-electron chi connectivity index (χ4n) is 3.30. The molecule has 2 aromatic rings. The predicted molar refractivity (Wildman–Crippen MR) is 115 cm³/mol. The number of nitrogens with zero attached hydrogens (tertiary/aromatic N) is 3. The van der Waals surface area contributed by atoms with Gasteiger partial charge in [0, 0.05) is 44.5 Å². The third-order valence-electron chi connectivity index (χ3n) is 4.86. The van der Waals surface area contributed by atoms with E-state index in [-0.39, 0.29) is 0 Å². The molecule has 7 nitrogen and oxygen atoms in total. The van der Waals surface area contributed by atoms with E-state index in [1.165, 1.54) is 11.1 Å². The zero-order valence-corrected chi connectivity index (χ0v) is 17.4. The molecule has 0 amide bonds. The lowest BCUT2D eigenvalue weighted by molar-refractivity contribution is 0.0341. The van der Waals surface area contributed by atoms with E-state index >= 15 is 0 Å². The number of nitrogens with one attached hydrogen (secondary N) is 2. The first-order valence-corrected chi connectivity index (χ1v) is 10.2. The highest BCUT2D eigenvalue weighted by Crippen LogP contribution is 2.15. The molecule has 0 unspecified atom stereocenters. The van der Waals surface area contributed by atoms with Gasteiger partial charge in [0.05, 0.1) is 26.9 Å². The van der Waals surface area contributed by atoms with Gasteiger partial charge in [0.2, 0.25) is 5.88 Å². The van der Waals surface area contributed by atoms with E-state index < -0.39 is 0 Å². The Kier molecular flexibility index (Phi) is 8.27. The number of hydrogen-bond donors (Lipinski definition) is 2. The fraction of sp³-hybridized carbons (Fsp3) is 0.455. The minimum absolute atomic E-state index is 0.502. The summed E-state index contributed by atoms with van der Waals surface area (Å²) >= 11 is 0. The summed E-state index contributed by atoms with van der Waals surface area (Å²) in [7, 11) is 1.63. The first-order chi connectivity index (χ1) is 14.3. The van der Waals surface area contributed by atoms with Gasteiger partial charge in [0.1, 0.15) is 0 Å². The molecule has 0 saturated carbocycles. The first-order valence-electron chi connectivity index (χ1n) is 10.2. The van der Waals surface area contributed by atoms with Gasteiger partial charge in [-0.1, -0.05) is 30.3 Å². The number of rotatable bonds is 8. The molecule has 3 rings (SSSR count). The van der Waals surface area contributed by atoms with Gasteiger partial charge in [-0.3, -0.25) is 4.90 Å². The van der Waals surface area contributed by atoms with Crippen LogP contribution in [0.4, 0.5) is 0 Å². The van der Waals surface area contributed by atoms with Crippen molar-refractivity contribution < 1.29 is 9.47 Å². The highest BCUT2D eigenvalue weighted by atomic mass is 16.5. The lowest BCUT2D eigenvalue weighted by Crippen LogP contribution is -2.38. The molecule has 1 aromatic heterocycles. The molecule has 29 heavy (non-hydrogen) atoms. The SMILES string of the molecule is CCNC(=NCc1cccnc1OC)NCc1ccccc1CN1CCOCC1. The van der Waals surface area contributed by atoms with E-state index in [4.69, 9.17) is 14.5 Å². The van der Waals surface area contributed by atoms with Crippen LogP contribution in [-0.2, 0) is 24.4 Å². The molecule has 2 heterocycles. The van der Waals surface area contributed by atoms with Gasteiger partial charge in [0.25, 0.3) is 0 Å². The number of guanidine groups is 1. The van der Waals surface area contributed by atoms with Crippen molar-refractivity contribution in [3.8, 4) is 5.88 Å². The van der Waals surface area contributed by atoms with Crippen molar-refractivity contribution in [2.75, 3.05) is 40.0 Å². The number of methoxy groups -OCH3 is 1. The second kappa shape index (κ2) is 11.4. The molecule has 7 heteroatoms. The number of aromatic nitrogens is 1. The molecule has 2 N–H and O–H groups in total. The average Bonchev–Trinajstić information content (AvgIpc) is 2.77. The third-order valence-corrected chi connectivity index (χ3v) is 4.86. The molecule has 0 atom stereocenters. The summed E-state index contributed by atoms with van der Waals surface area (Å²) in [5, 5.41) is 6.77. The van der Waals surface area contributed by atoms with Gasteiger partial charge in [-0.15, -0.1) is 0 Å². The third kappa shape index (κ3) is 6.44. The van der Waals surface area contributed by atoms with Crippen LogP contribution in [0.2, 0.25) is 0 Å². The summed E-state index contributed by atoms with van der Waals surface area (Å²) in [6, 6.07) is 12.5. The minimum atomic E-state index is 0.502. The number of pyridine rings is 1. The Morgan fingerprint density at radius 2 is 1.86 bits per heavy atom. The molecule has 1 fully saturated rings. The molecule has 0 aliphatic carbocycles. The maximum Gasteiger partial charge on any atom is 0.218 e. The van der Waals surface area contributed by atoms with Gasteiger partial charge >= 0.3 is 0 Å². The molecule has 1 saturated heterocycles. The maximum absolute atomic E-state index is 5.46. The number of aliphatic imine (C=N–C) groups is 1. The van der Waals surface area contributed by atoms with Crippen LogP contribution in [0.25, 0.3) is 0 Å². The zero-order valence-electron chi connectivity index (χ0n) is 17.4. The molecular weight excluding hydrogens is 366 g/mol. The number of ether oxygens (including phenoxy) is 2. The van der Waals surface area contributed by atoms with Crippen LogP contribution in [0.1, 0.15) is 23.6 Å². The monoisotopic (exact) mass is 397 g/mol. The molecule has 0 bridgehead atoms. The van der Waals surface area contributed by atoms with Gasteiger partial charge in [-0.2, -0.15) is 0 Å². The molecule has 156 valence electrons. The van der Waals surface area contributed by atoms with Crippen LogP contribution in [0.5, 0.6) is 5.88 Å². The Bertz CT molecular complexity index is 790. The van der Waals surface area contributed by atoms with Gasteiger partial charge in [-0.25, -0.2) is 9.98 Å². The van der Waals surface area contributed by atoms with Crippen LogP contribution in [0.15, 0.2) is 47.6 Å². The Morgan fingerprint density at radius 1 is 1.10 bits per heavy atom. The maximum atomic E-state index is 5.46. The summed E-state index contributed by atoms with van der Waals surface area (Å²) in [6.07, 6.45) is 1.72. The smallest absolute Gasteiger partial charge is 0.218 e. The van der Waals surface area contributed by atoms with E-state index in [1.807, 2.05) is 12.1 Å². The van der Waals surface area contributed by atoms with Crippen LogP contribution in [0.3, 0.4) is 0 Å². The van der Waals surface area contributed by atoms with E-state index in [0.717, 1.165) is 57.5 Å². The van der Waals surface area contributed by atoms with Gasteiger partial charge < -0.3 is 20.1 Å². The van der Waals surface area contributed by atoms with Crippen molar-refractivity contribution in [1.82, 2.24) is 20.5 Å². The highest BCUT2D eigenvalue weighted by Gasteiger charge is 2.13. The molecule has 1 aliphatic heterocycles. The van der Waals surface area contributed by atoms with Crippen LogP contribution < -0.4 is 15.4 Å². The van der Waals surface area contributed by atoms with Crippen molar-refractivity contribution in [1.29, 1.82) is 0 Å². The van der Waals surface area contributed by atoms with Crippen molar-refractivity contribution in [2.45, 2.75) is 26.6 Å². The van der Waals surface area contributed by atoms with Crippen molar-refractivity contribution >= 4 is 5.96 Å². The highest BCUT2D eigenvalue weighted by molar-refractivity contribution is 5.79. The summed E-state index contributed by atoms with van der Waals surface area (Å²) in [6.45, 7) is 8.63. The molecule has 0 spiro atoms. The lowest BCUT2D eigenvalue weighted by Gasteiger charge is -2.27.